The minimum atomic E-state index is -2.49. The molecule has 4 heteroatoms. The summed E-state index contributed by atoms with van der Waals surface area (Å²) in [5.41, 5.74) is 0. The molecule has 0 bridgehead atoms. The Morgan fingerprint density at radius 3 is 1.96 bits per heavy atom. The van der Waals surface area contributed by atoms with E-state index in [0.717, 1.165) is 12.8 Å². The lowest BCUT2D eigenvalue weighted by molar-refractivity contribution is -0.125. The Morgan fingerprint density at radius 1 is 1.04 bits per heavy atom. The highest BCUT2D eigenvalue weighted by Gasteiger charge is 2.51. The second-order valence-electron chi connectivity index (χ2n) is 8.79. The van der Waals surface area contributed by atoms with Gasteiger partial charge in [0, 0.05) is 12.5 Å². The lowest BCUT2D eigenvalue weighted by Gasteiger charge is -2.45. The van der Waals surface area contributed by atoms with E-state index in [2.05, 4.69) is 86.3 Å². The van der Waals surface area contributed by atoms with Gasteiger partial charge in [-0.15, -0.1) is 0 Å². The van der Waals surface area contributed by atoms with Crippen molar-refractivity contribution in [3.8, 4) is 0 Å². The average Bonchev–Trinajstić information content (AvgIpc) is 2.64. The topological polar surface area (TPSA) is 30.7 Å². The molecule has 146 valence electrons. The van der Waals surface area contributed by atoms with Crippen LogP contribution in [0.25, 0.3) is 4.85 Å². The monoisotopic (exact) mass is 391 g/mol. The van der Waals surface area contributed by atoms with Crippen molar-refractivity contribution >= 4 is 24.5 Å². The molecule has 0 aliphatic heterocycles. The van der Waals surface area contributed by atoms with Gasteiger partial charge >= 0.3 is 0 Å². The van der Waals surface area contributed by atoms with Crippen molar-refractivity contribution in [2.45, 2.75) is 38.7 Å². The van der Waals surface area contributed by atoms with Gasteiger partial charge < -0.3 is 9.27 Å². The van der Waals surface area contributed by atoms with Gasteiger partial charge in [-0.05, 0) is 34.2 Å². The van der Waals surface area contributed by atoms with Crippen LogP contribution < -0.4 is 10.4 Å². The molecule has 28 heavy (non-hydrogen) atoms. The van der Waals surface area contributed by atoms with Gasteiger partial charge in [-0.1, -0.05) is 81.4 Å². The zero-order valence-corrected chi connectivity index (χ0v) is 18.0. The highest BCUT2D eigenvalue weighted by molar-refractivity contribution is 6.99. The van der Waals surface area contributed by atoms with Gasteiger partial charge in [0.25, 0.3) is 14.9 Å². The zero-order chi connectivity index (χ0) is 20.2. The number of benzene rings is 2. The first-order chi connectivity index (χ1) is 13.4. The van der Waals surface area contributed by atoms with E-state index < -0.39 is 8.32 Å². The molecule has 0 unspecified atom stereocenters. The van der Waals surface area contributed by atoms with Crippen molar-refractivity contribution in [3.63, 3.8) is 0 Å². The fourth-order valence-electron chi connectivity index (χ4n) is 4.35. The van der Waals surface area contributed by atoms with E-state index in [0.29, 0.717) is 12.5 Å². The minimum absolute atomic E-state index is 0.0208. The SMILES string of the molecule is [C-]#[N+]CC(=O)C1CC(CO[Si](c2ccccc2)(c2ccccc2)C(C)(C)C)C1. The first kappa shape index (κ1) is 20.5. The number of hydrogen-bond donors (Lipinski definition) is 0. The molecule has 1 saturated carbocycles. The molecule has 3 rings (SSSR count). The third-order valence-corrected chi connectivity index (χ3v) is 10.9. The van der Waals surface area contributed by atoms with E-state index in [1.54, 1.807) is 0 Å². The summed E-state index contributed by atoms with van der Waals surface area (Å²) in [6.07, 6.45) is 1.71. The maximum atomic E-state index is 11.9. The molecule has 0 aromatic heterocycles. The van der Waals surface area contributed by atoms with E-state index in [1.807, 2.05) is 0 Å². The largest absolute Gasteiger partial charge is 0.407 e. The van der Waals surface area contributed by atoms with Crippen LogP contribution in [0.15, 0.2) is 60.7 Å². The molecule has 0 heterocycles. The molecule has 0 radical (unpaired) electrons. The van der Waals surface area contributed by atoms with Gasteiger partial charge in [0.2, 0.25) is 5.78 Å². The van der Waals surface area contributed by atoms with Gasteiger partial charge in [0.1, 0.15) is 0 Å². The highest BCUT2D eigenvalue weighted by atomic mass is 28.4. The van der Waals surface area contributed by atoms with Gasteiger partial charge in [0.15, 0.2) is 0 Å². The Hall–Kier alpha value is -2.22. The van der Waals surface area contributed by atoms with Crippen molar-refractivity contribution in [2.75, 3.05) is 13.2 Å². The molecule has 0 spiro atoms. The number of Topliss-reactive ketones (excluding diaryl/α,β-unsaturated/α-hetero) is 1. The van der Waals surface area contributed by atoms with Crippen LogP contribution >= 0.6 is 0 Å². The summed E-state index contributed by atoms with van der Waals surface area (Å²) in [6, 6.07) is 21.3. The van der Waals surface area contributed by atoms with Crippen LogP contribution in [-0.2, 0) is 9.22 Å². The van der Waals surface area contributed by atoms with E-state index >= 15 is 0 Å². The fraction of sp³-hybridized carbons (Fsp3) is 0.417. The third kappa shape index (κ3) is 3.96. The third-order valence-electron chi connectivity index (χ3n) is 5.88. The molecule has 1 aliphatic carbocycles. The van der Waals surface area contributed by atoms with Crippen LogP contribution in [0.2, 0.25) is 5.04 Å². The number of carbonyl (C=O) groups excluding carboxylic acids is 1. The second kappa shape index (κ2) is 8.42. The summed E-state index contributed by atoms with van der Waals surface area (Å²) in [5, 5.41) is 2.54. The normalized spacial score (nSPS) is 19.5. The molecule has 2 aromatic carbocycles. The smallest absolute Gasteiger partial charge is 0.272 e. The first-order valence-electron chi connectivity index (χ1n) is 9.99. The van der Waals surface area contributed by atoms with Crippen molar-refractivity contribution in [3.05, 3.63) is 72.1 Å². The molecule has 0 N–H and O–H groups in total. The van der Waals surface area contributed by atoms with Gasteiger partial charge in [-0.25, -0.2) is 6.57 Å². The van der Waals surface area contributed by atoms with Crippen LogP contribution in [0.1, 0.15) is 33.6 Å². The second-order valence-corrected chi connectivity index (χ2v) is 13.1. The molecular weight excluding hydrogens is 362 g/mol. The summed E-state index contributed by atoms with van der Waals surface area (Å²) in [7, 11) is -2.49. The van der Waals surface area contributed by atoms with E-state index in [-0.39, 0.29) is 23.3 Å². The molecule has 0 saturated heterocycles. The predicted molar refractivity (Wildman–Crippen MR) is 116 cm³/mol. The quantitative estimate of drug-likeness (QED) is 0.526. The van der Waals surface area contributed by atoms with Crippen molar-refractivity contribution in [1.29, 1.82) is 0 Å². The zero-order valence-electron chi connectivity index (χ0n) is 17.0. The van der Waals surface area contributed by atoms with Gasteiger partial charge in [-0.3, -0.25) is 4.79 Å². The van der Waals surface area contributed by atoms with E-state index in [1.165, 1.54) is 10.4 Å². The van der Waals surface area contributed by atoms with Crippen LogP contribution in [0, 0.1) is 18.4 Å². The lowest BCUT2D eigenvalue weighted by atomic mass is 9.73. The van der Waals surface area contributed by atoms with Crippen LogP contribution in [0.5, 0.6) is 0 Å². The number of nitrogens with zero attached hydrogens (tertiary/aromatic N) is 1. The Kier molecular flexibility index (Phi) is 6.17. The van der Waals surface area contributed by atoms with E-state index in [4.69, 9.17) is 11.0 Å². The standard InChI is InChI=1S/C24H29NO2Si/c1-24(2,3)28(21-11-7-5-8-12-21,22-13-9-6-10-14-22)27-18-19-15-20(16-19)23(26)17-25-4/h5-14,19-20H,15-18H2,1-3H3. The maximum Gasteiger partial charge on any atom is 0.272 e. The molecule has 1 fully saturated rings. The van der Waals surface area contributed by atoms with Gasteiger partial charge in [0.05, 0.1) is 0 Å². The highest BCUT2D eigenvalue weighted by Crippen LogP contribution is 2.40. The molecule has 3 nitrogen and oxygen atoms in total. The summed E-state index contributed by atoms with van der Waals surface area (Å²) < 4.78 is 6.93. The predicted octanol–water partition coefficient (Wildman–Crippen LogP) is 4.08. The lowest BCUT2D eigenvalue weighted by Crippen LogP contribution is -2.67. The summed E-state index contributed by atoms with van der Waals surface area (Å²) in [4.78, 5) is 15.2. The minimum Gasteiger partial charge on any atom is -0.407 e. The fourth-order valence-corrected chi connectivity index (χ4v) is 8.99. The van der Waals surface area contributed by atoms with Crippen molar-refractivity contribution < 1.29 is 9.22 Å². The van der Waals surface area contributed by atoms with Crippen LogP contribution in [-0.4, -0.2) is 27.3 Å². The summed E-state index contributed by atoms with van der Waals surface area (Å²) in [6.45, 7) is 14.4. The Labute approximate surface area is 169 Å². The summed E-state index contributed by atoms with van der Waals surface area (Å²) in [5.74, 6) is 0.555. The Morgan fingerprint density at radius 2 is 1.54 bits per heavy atom. The van der Waals surface area contributed by atoms with Crippen LogP contribution in [0.3, 0.4) is 0 Å². The maximum absolute atomic E-state index is 11.9. The van der Waals surface area contributed by atoms with E-state index in [9.17, 15) is 4.79 Å². The molecular formula is C24H29NO2Si. The van der Waals surface area contributed by atoms with Crippen molar-refractivity contribution in [2.24, 2.45) is 11.8 Å². The van der Waals surface area contributed by atoms with Crippen molar-refractivity contribution in [1.82, 2.24) is 0 Å². The average molecular weight is 392 g/mol. The van der Waals surface area contributed by atoms with Gasteiger partial charge in [-0.2, -0.15) is 0 Å². The molecule has 0 amide bonds. The Balaban J connectivity index is 1.86. The van der Waals surface area contributed by atoms with Crippen LogP contribution in [0.4, 0.5) is 0 Å². The number of hydrogen-bond acceptors (Lipinski definition) is 2. The molecule has 1 aliphatic rings. The number of rotatable bonds is 7. The Bertz CT molecular complexity index is 791. The summed E-state index contributed by atoms with van der Waals surface area (Å²) >= 11 is 0. The molecule has 2 aromatic rings. The molecule has 0 atom stereocenters. The first-order valence-corrected chi connectivity index (χ1v) is 11.9. The number of carbonyl (C=O) groups is 1. The number of ketones is 1.